The van der Waals surface area contributed by atoms with Gasteiger partial charge in [-0.3, -0.25) is 4.79 Å². The minimum atomic E-state index is -1.26. The largest absolute Gasteiger partial charge is 0.477 e. The molecule has 0 aliphatic carbocycles. The molecule has 1 atom stereocenters. The van der Waals surface area contributed by atoms with Gasteiger partial charge in [0.15, 0.2) is 5.71 Å². The van der Waals surface area contributed by atoms with E-state index in [0.717, 1.165) is 12.1 Å². The van der Waals surface area contributed by atoms with E-state index in [9.17, 15) is 14.0 Å². The number of carboxylic acids is 1. The molecular weight excluding hydrogens is 269 g/mol. The Kier molecular flexibility index (Phi) is 3.61. The number of nitrogens with zero attached hydrogens (tertiary/aromatic N) is 2. The van der Waals surface area contributed by atoms with Crippen LogP contribution < -0.4 is 5.32 Å². The summed E-state index contributed by atoms with van der Waals surface area (Å²) >= 11 is 0. The molecule has 0 fully saturated rings. The number of nitriles is 1. The van der Waals surface area contributed by atoms with Crippen LogP contribution in [0, 0.1) is 17.1 Å². The molecule has 1 amide bonds. The molecule has 2 N–H and O–H groups in total. The van der Waals surface area contributed by atoms with Gasteiger partial charge in [0.25, 0.3) is 5.91 Å². The summed E-state index contributed by atoms with van der Waals surface area (Å²) in [5.41, 5.74) is -0.188. The zero-order valence-electron chi connectivity index (χ0n) is 9.96. The summed E-state index contributed by atoms with van der Waals surface area (Å²) < 4.78 is 12.9. The highest BCUT2D eigenvalue weighted by Crippen LogP contribution is 2.18. The highest BCUT2D eigenvalue weighted by Gasteiger charge is 2.31. The van der Waals surface area contributed by atoms with Crippen LogP contribution in [0.1, 0.15) is 12.0 Å². The molecular formula is C12H8FN3O4. The van der Waals surface area contributed by atoms with E-state index in [1.165, 1.54) is 6.07 Å². The lowest BCUT2D eigenvalue weighted by molar-refractivity contribution is -0.129. The molecule has 7 nitrogen and oxygen atoms in total. The highest BCUT2D eigenvalue weighted by atomic mass is 19.1. The molecule has 1 aliphatic heterocycles. The van der Waals surface area contributed by atoms with Gasteiger partial charge in [-0.25, -0.2) is 9.18 Å². The Morgan fingerprint density at radius 1 is 1.55 bits per heavy atom. The fourth-order valence-electron chi connectivity index (χ4n) is 1.58. The summed E-state index contributed by atoms with van der Waals surface area (Å²) in [5.74, 6) is -2.53. The first-order chi connectivity index (χ1) is 9.51. The van der Waals surface area contributed by atoms with Crippen LogP contribution in [0.3, 0.4) is 0 Å². The van der Waals surface area contributed by atoms with Gasteiger partial charge in [0, 0.05) is 6.42 Å². The van der Waals surface area contributed by atoms with E-state index in [-0.39, 0.29) is 23.4 Å². The van der Waals surface area contributed by atoms with Crippen molar-refractivity contribution < 1.29 is 23.9 Å². The van der Waals surface area contributed by atoms with Crippen LogP contribution in [0.5, 0.6) is 0 Å². The van der Waals surface area contributed by atoms with Gasteiger partial charge in [0.1, 0.15) is 11.9 Å². The van der Waals surface area contributed by atoms with Gasteiger partial charge >= 0.3 is 5.97 Å². The number of carbonyl (C=O) groups excluding carboxylic acids is 1. The number of hydrogen-bond donors (Lipinski definition) is 2. The van der Waals surface area contributed by atoms with Gasteiger partial charge in [0.2, 0.25) is 6.10 Å². The first-order valence-corrected chi connectivity index (χ1v) is 5.47. The molecule has 0 saturated heterocycles. The number of aliphatic carboxylic acids is 1. The summed E-state index contributed by atoms with van der Waals surface area (Å²) in [5, 5.41) is 23.2. The predicted molar refractivity (Wildman–Crippen MR) is 64.3 cm³/mol. The Hall–Kier alpha value is -2.95. The molecule has 8 heteroatoms. The Labute approximate surface area is 112 Å². The topological polar surface area (TPSA) is 112 Å². The molecule has 0 radical (unpaired) electrons. The lowest BCUT2D eigenvalue weighted by Gasteiger charge is -2.10. The van der Waals surface area contributed by atoms with Crippen molar-refractivity contribution in [3.63, 3.8) is 0 Å². The van der Waals surface area contributed by atoms with Crippen molar-refractivity contribution in [3.05, 3.63) is 29.6 Å². The molecule has 0 aromatic heterocycles. The molecule has 20 heavy (non-hydrogen) atoms. The minimum Gasteiger partial charge on any atom is -0.477 e. The van der Waals surface area contributed by atoms with Crippen LogP contribution in [0.4, 0.5) is 10.1 Å². The number of carboxylic acid groups (broad SMARTS) is 1. The number of hydrogen-bond acceptors (Lipinski definition) is 5. The van der Waals surface area contributed by atoms with Gasteiger partial charge in [-0.1, -0.05) is 5.16 Å². The summed E-state index contributed by atoms with van der Waals surface area (Å²) in [6.45, 7) is 0. The van der Waals surface area contributed by atoms with Gasteiger partial charge in [-0.2, -0.15) is 5.26 Å². The van der Waals surface area contributed by atoms with E-state index in [2.05, 4.69) is 10.5 Å². The van der Waals surface area contributed by atoms with Crippen LogP contribution in [0.25, 0.3) is 0 Å². The van der Waals surface area contributed by atoms with Crippen LogP contribution in [-0.2, 0) is 14.4 Å². The second-order valence-electron chi connectivity index (χ2n) is 3.93. The van der Waals surface area contributed by atoms with Crippen LogP contribution in [-0.4, -0.2) is 28.8 Å². The molecule has 0 bridgehead atoms. The molecule has 0 spiro atoms. The van der Waals surface area contributed by atoms with Crippen molar-refractivity contribution in [2.75, 3.05) is 5.32 Å². The van der Waals surface area contributed by atoms with E-state index in [4.69, 9.17) is 15.2 Å². The number of benzene rings is 1. The minimum absolute atomic E-state index is 0.0456. The summed E-state index contributed by atoms with van der Waals surface area (Å²) in [4.78, 5) is 27.2. The third kappa shape index (κ3) is 2.72. The SMILES string of the molecule is N#Cc1cc(F)ccc1NC(=O)C1CC(C(=O)O)=NO1. The quantitative estimate of drug-likeness (QED) is 0.851. The fraction of sp³-hybridized carbons (Fsp3) is 0.167. The zero-order chi connectivity index (χ0) is 14.7. The standard InChI is InChI=1S/C12H8FN3O4/c13-7-1-2-8(6(3-7)5-14)15-11(17)10-4-9(12(18)19)16-20-10/h1-3,10H,4H2,(H,15,17)(H,18,19). The zero-order valence-corrected chi connectivity index (χ0v) is 9.96. The first kappa shape index (κ1) is 13.5. The number of nitrogens with one attached hydrogen (secondary N) is 1. The van der Waals surface area contributed by atoms with Gasteiger partial charge < -0.3 is 15.3 Å². The van der Waals surface area contributed by atoms with Gasteiger partial charge in [-0.15, -0.1) is 0 Å². The Balaban J connectivity index is 2.07. The molecule has 102 valence electrons. The Morgan fingerprint density at radius 3 is 2.90 bits per heavy atom. The maximum absolute atomic E-state index is 12.9. The summed E-state index contributed by atoms with van der Waals surface area (Å²) in [7, 11) is 0. The molecule has 0 saturated carbocycles. The number of amides is 1. The van der Waals surface area contributed by atoms with Crippen molar-refractivity contribution in [2.24, 2.45) is 5.16 Å². The second kappa shape index (κ2) is 5.36. The van der Waals surface area contributed by atoms with Crippen molar-refractivity contribution in [1.82, 2.24) is 0 Å². The molecule has 2 rings (SSSR count). The van der Waals surface area contributed by atoms with Gasteiger partial charge in [0.05, 0.1) is 11.3 Å². The third-order valence-electron chi connectivity index (χ3n) is 2.57. The number of anilines is 1. The molecule has 1 aromatic carbocycles. The summed E-state index contributed by atoms with van der Waals surface area (Å²) in [6, 6.07) is 5.04. The van der Waals surface area contributed by atoms with Crippen LogP contribution >= 0.6 is 0 Å². The molecule has 1 heterocycles. The van der Waals surface area contributed by atoms with Crippen LogP contribution in [0.15, 0.2) is 23.4 Å². The van der Waals surface area contributed by atoms with E-state index in [1.54, 1.807) is 6.07 Å². The van der Waals surface area contributed by atoms with Crippen molar-refractivity contribution >= 4 is 23.3 Å². The van der Waals surface area contributed by atoms with E-state index < -0.39 is 23.8 Å². The van der Waals surface area contributed by atoms with E-state index in [1.807, 2.05) is 0 Å². The van der Waals surface area contributed by atoms with Crippen LogP contribution in [0.2, 0.25) is 0 Å². The Bertz CT molecular complexity index is 651. The first-order valence-electron chi connectivity index (χ1n) is 5.47. The molecule has 1 unspecified atom stereocenters. The van der Waals surface area contributed by atoms with E-state index >= 15 is 0 Å². The van der Waals surface area contributed by atoms with Crippen molar-refractivity contribution in [1.29, 1.82) is 5.26 Å². The number of carbonyl (C=O) groups is 2. The Morgan fingerprint density at radius 2 is 2.30 bits per heavy atom. The second-order valence-corrected chi connectivity index (χ2v) is 3.93. The smallest absolute Gasteiger partial charge is 0.353 e. The van der Waals surface area contributed by atoms with Crippen molar-refractivity contribution in [3.8, 4) is 6.07 Å². The number of rotatable bonds is 3. The number of halogens is 1. The predicted octanol–water partition coefficient (Wildman–Crippen LogP) is 0.865. The monoisotopic (exact) mass is 277 g/mol. The lowest BCUT2D eigenvalue weighted by Crippen LogP contribution is -2.29. The molecule has 1 aromatic rings. The third-order valence-corrected chi connectivity index (χ3v) is 2.57. The average molecular weight is 277 g/mol. The normalized spacial score (nSPS) is 16.8. The molecule has 1 aliphatic rings. The van der Waals surface area contributed by atoms with Gasteiger partial charge in [-0.05, 0) is 18.2 Å². The lowest BCUT2D eigenvalue weighted by atomic mass is 10.1. The number of oxime groups is 1. The highest BCUT2D eigenvalue weighted by molar-refractivity contribution is 6.36. The maximum atomic E-state index is 12.9. The van der Waals surface area contributed by atoms with E-state index in [0.29, 0.717) is 0 Å². The van der Waals surface area contributed by atoms with Crippen molar-refractivity contribution in [2.45, 2.75) is 12.5 Å². The summed E-state index contributed by atoms with van der Waals surface area (Å²) in [6.07, 6.45) is -1.26. The maximum Gasteiger partial charge on any atom is 0.353 e. The fourth-order valence-corrected chi connectivity index (χ4v) is 1.58. The average Bonchev–Trinajstić information content (AvgIpc) is 2.90.